The minimum absolute atomic E-state index is 0.0839. The van der Waals surface area contributed by atoms with Crippen molar-refractivity contribution in [3.05, 3.63) is 41.7 Å². The van der Waals surface area contributed by atoms with E-state index in [1.165, 1.54) is 18.2 Å². The van der Waals surface area contributed by atoms with Gasteiger partial charge in [0.2, 0.25) is 11.8 Å². The summed E-state index contributed by atoms with van der Waals surface area (Å²) in [4.78, 5) is 28.6. The van der Waals surface area contributed by atoms with Crippen molar-refractivity contribution in [3.63, 3.8) is 0 Å². The lowest BCUT2D eigenvalue weighted by Crippen LogP contribution is -2.39. The highest BCUT2D eigenvalue weighted by Crippen LogP contribution is 2.27. The standard InChI is InChI=1S/C20H25FN2O2/c21-18-8-3-5-16(15-18)9-10-19(24)22-11-4-12-23(14-13-22)20(25)17-6-1-2-7-17/h3,5,8-10,15,17H,1-2,4,6-7,11-14H2/b10-9+. The third-order valence-electron chi connectivity index (χ3n) is 5.09. The molecule has 0 bridgehead atoms. The average molecular weight is 344 g/mol. The van der Waals surface area contributed by atoms with Gasteiger partial charge in [-0.05, 0) is 43.0 Å². The first-order chi connectivity index (χ1) is 12.1. The summed E-state index contributed by atoms with van der Waals surface area (Å²) in [5.74, 6) is 0.0575. The number of carbonyl (C=O) groups excluding carboxylic acids is 2. The second-order valence-corrected chi connectivity index (χ2v) is 6.87. The van der Waals surface area contributed by atoms with Crippen molar-refractivity contribution in [2.24, 2.45) is 5.92 Å². The molecular weight excluding hydrogens is 319 g/mol. The van der Waals surface area contributed by atoms with Gasteiger partial charge in [0.25, 0.3) is 0 Å². The molecule has 2 fully saturated rings. The Kier molecular flexibility index (Phi) is 5.84. The van der Waals surface area contributed by atoms with Crippen LogP contribution < -0.4 is 0 Å². The largest absolute Gasteiger partial charge is 0.341 e. The molecule has 0 aromatic heterocycles. The summed E-state index contributed by atoms with van der Waals surface area (Å²) in [6.45, 7) is 2.55. The van der Waals surface area contributed by atoms with Crippen LogP contribution in [0.4, 0.5) is 4.39 Å². The molecule has 0 spiro atoms. The van der Waals surface area contributed by atoms with Gasteiger partial charge in [0.1, 0.15) is 5.82 Å². The smallest absolute Gasteiger partial charge is 0.246 e. The maximum atomic E-state index is 13.2. The molecule has 5 heteroatoms. The van der Waals surface area contributed by atoms with Gasteiger partial charge in [-0.2, -0.15) is 0 Å². The molecule has 2 amide bonds. The van der Waals surface area contributed by atoms with Gasteiger partial charge in [-0.3, -0.25) is 9.59 Å². The van der Waals surface area contributed by atoms with E-state index in [4.69, 9.17) is 0 Å². The van der Waals surface area contributed by atoms with E-state index in [0.717, 1.165) is 38.6 Å². The van der Waals surface area contributed by atoms with Crippen LogP contribution in [0.2, 0.25) is 0 Å². The van der Waals surface area contributed by atoms with Gasteiger partial charge < -0.3 is 9.80 Å². The fourth-order valence-electron chi connectivity index (χ4n) is 3.67. The van der Waals surface area contributed by atoms with Crippen LogP contribution in [0, 0.1) is 11.7 Å². The minimum atomic E-state index is -0.314. The lowest BCUT2D eigenvalue weighted by Gasteiger charge is -2.24. The van der Waals surface area contributed by atoms with Crippen LogP contribution >= 0.6 is 0 Å². The summed E-state index contributed by atoms with van der Waals surface area (Å²) in [5.41, 5.74) is 0.668. The molecule has 0 radical (unpaired) electrons. The predicted molar refractivity (Wildman–Crippen MR) is 95.2 cm³/mol. The Hall–Kier alpha value is -2.17. The second-order valence-electron chi connectivity index (χ2n) is 6.87. The summed E-state index contributed by atoms with van der Waals surface area (Å²) in [6.07, 6.45) is 8.25. The van der Waals surface area contributed by atoms with E-state index < -0.39 is 0 Å². The Balaban J connectivity index is 1.55. The number of hydrogen-bond donors (Lipinski definition) is 0. The van der Waals surface area contributed by atoms with Crippen LogP contribution in [0.5, 0.6) is 0 Å². The highest BCUT2D eigenvalue weighted by atomic mass is 19.1. The van der Waals surface area contributed by atoms with E-state index >= 15 is 0 Å². The third kappa shape index (κ3) is 4.68. The fraction of sp³-hybridized carbons (Fsp3) is 0.500. The van der Waals surface area contributed by atoms with Crippen LogP contribution in [-0.2, 0) is 9.59 Å². The summed E-state index contributed by atoms with van der Waals surface area (Å²) in [5, 5.41) is 0. The number of nitrogens with zero attached hydrogens (tertiary/aromatic N) is 2. The third-order valence-corrected chi connectivity index (χ3v) is 5.09. The van der Waals surface area contributed by atoms with Crippen LogP contribution in [0.1, 0.15) is 37.7 Å². The molecular formula is C20H25FN2O2. The number of amides is 2. The van der Waals surface area contributed by atoms with Gasteiger partial charge in [-0.15, -0.1) is 0 Å². The zero-order valence-corrected chi connectivity index (χ0v) is 14.5. The molecule has 1 aliphatic carbocycles. The van der Waals surface area contributed by atoms with E-state index in [1.54, 1.807) is 23.1 Å². The van der Waals surface area contributed by atoms with E-state index in [2.05, 4.69) is 0 Å². The normalized spacial score (nSPS) is 19.4. The molecule has 2 aliphatic rings. The first-order valence-corrected chi connectivity index (χ1v) is 9.15. The van der Waals surface area contributed by atoms with Crippen molar-refractivity contribution in [3.8, 4) is 0 Å². The number of halogens is 1. The van der Waals surface area contributed by atoms with Gasteiger partial charge in [0.05, 0.1) is 0 Å². The first kappa shape index (κ1) is 17.6. The highest BCUT2D eigenvalue weighted by Gasteiger charge is 2.28. The molecule has 0 N–H and O–H groups in total. The summed E-state index contributed by atoms with van der Waals surface area (Å²) < 4.78 is 13.2. The van der Waals surface area contributed by atoms with Crippen LogP contribution in [0.3, 0.4) is 0 Å². The molecule has 1 aliphatic heterocycles. The Morgan fingerprint density at radius 3 is 2.48 bits per heavy atom. The molecule has 134 valence electrons. The predicted octanol–water partition coefficient (Wildman–Crippen LogP) is 3.09. The van der Waals surface area contributed by atoms with E-state index in [9.17, 15) is 14.0 Å². The molecule has 0 atom stereocenters. The lowest BCUT2D eigenvalue weighted by molar-refractivity contribution is -0.135. The highest BCUT2D eigenvalue weighted by molar-refractivity contribution is 5.91. The molecule has 0 unspecified atom stereocenters. The summed E-state index contributed by atoms with van der Waals surface area (Å²) in [6, 6.07) is 6.16. The molecule has 1 saturated carbocycles. The van der Waals surface area contributed by atoms with Crippen LogP contribution in [0.25, 0.3) is 6.08 Å². The Bertz CT molecular complexity index is 653. The van der Waals surface area contributed by atoms with Crippen LogP contribution in [-0.4, -0.2) is 47.8 Å². The monoisotopic (exact) mass is 344 g/mol. The summed E-state index contributed by atoms with van der Waals surface area (Å²) >= 11 is 0. The molecule has 3 rings (SSSR count). The van der Waals surface area contributed by atoms with Crippen molar-refractivity contribution in [1.82, 2.24) is 9.80 Å². The number of carbonyl (C=O) groups is 2. The molecule has 4 nitrogen and oxygen atoms in total. The zero-order chi connectivity index (χ0) is 17.6. The van der Waals surface area contributed by atoms with E-state index in [-0.39, 0.29) is 23.5 Å². The van der Waals surface area contributed by atoms with E-state index in [0.29, 0.717) is 25.2 Å². The van der Waals surface area contributed by atoms with Crippen molar-refractivity contribution in [1.29, 1.82) is 0 Å². The Morgan fingerprint density at radius 2 is 1.72 bits per heavy atom. The first-order valence-electron chi connectivity index (χ1n) is 9.15. The Labute approximate surface area is 148 Å². The average Bonchev–Trinajstić information content (AvgIpc) is 3.03. The molecule has 1 aromatic rings. The van der Waals surface area contributed by atoms with Gasteiger partial charge in [0, 0.05) is 38.2 Å². The minimum Gasteiger partial charge on any atom is -0.341 e. The van der Waals surface area contributed by atoms with Crippen molar-refractivity contribution in [2.45, 2.75) is 32.1 Å². The van der Waals surface area contributed by atoms with Crippen LogP contribution in [0.15, 0.2) is 30.3 Å². The van der Waals surface area contributed by atoms with Gasteiger partial charge >= 0.3 is 0 Å². The maximum absolute atomic E-state index is 13.2. The van der Waals surface area contributed by atoms with Crippen molar-refractivity contribution >= 4 is 17.9 Å². The quantitative estimate of drug-likeness (QED) is 0.791. The lowest BCUT2D eigenvalue weighted by atomic mass is 10.1. The van der Waals surface area contributed by atoms with Crippen molar-refractivity contribution in [2.75, 3.05) is 26.2 Å². The van der Waals surface area contributed by atoms with E-state index in [1.807, 2.05) is 4.90 Å². The second kappa shape index (κ2) is 8.28. The molecule has 1 aromatic carbocycles. The van der Waals surface area contributed by atoms with Crippen molar-refractivity contribution < 1.29 is 14.0 Å². The molecule has 1 heterocycles. The van der Waals surface area contributed by atoms with Gasteiger partial charge in [0.15, 0.2) is 0 Å². The SMILES string of the molecule is O=C(/C=C/c1cccc(F)c1)N1CCCN(C(=O)C2CCCC2)CC1. The molecule has 25 heavy (non-hydrogen) atoms. The topological polar surface area (TPSA) is 40.6 Å². The number of benzene rings is 1. The summed E-state index contributed by atoms with van der Waals surface area (Å²) in [7, 11) is 0. The van der Waals surface area contributed by atoms with Gasteiger partial charge in [-0.25, -0.2) is 4.39 Å². The Morgan fingerprint density at radius 1 is 1.00 bits per heavy atom. The molecule has 1 saturated heterocycles. The number of rotatable bonds is 3. The van der Waals surface area contributed by atoms with Gasteiger partial charge in [-0.1, -0.05) is 25.0 Å². The fourth-order valence-corrected chi connectivity index (χ4v) is 3.67. The zero-order valence-electron chi connectivity index (χ0n) is 14.5. The number of hydrogen-bond acceptors (Lipinski definition) is 2. The maximum Gasteiger partial charge on any atom is 0.246 e.